The smallest absolute Gasteiger partial charge is 0.273 e. The number of rotatable bonds is 4. The van der Waals surface area contributed by atoms with Gasteiger partial charge in [0.1, 0.15) is 5.82 Å². The Balaban J connectivity index is 3.08. The van der Waals surface area contributed by atoms with Gasteiger partial charge in [-0.1, -0.05) is 0 Å². The van der Waals surface area contributed by atoms with Crippen molar-refractivity contribution in [2.45, 2.75) is 38.8 Å². The molecule has 0 saturated heterocycles. The van der Waals surface area contributed by atoms with Gasteiger partial charge in [0.2, 0.25) is 0 Å². The molecule has 1 aromatic rings. The van der Waals surface area contributed by atoms with E-state index >= 15 is 0 Å². The maximum absolute atomic E-state index is 13.3. The first-order valence-electron chi connectivity index (χ1n) is 5.94. The van der Waals surface area contributed by atoms with Crippen molar-refractivity contribution in [2.24, 2.45) is 0 Å². The summed E-state index contributed by atoms with van der Waals surface area (Å²) >= 11 is 0. The quantitative estimate of drug-likeness (QED) is 0.653. The summed E-state index contributed by atoms with van der Waals surface area (Å²) in [5, 5.41) is 23.1. The molecule has 0 bridgehead atoms. The van der Waals surface area contributed by atoms with E-state index in [0.717, 1.165) is 18.2 Å². The first kappa shape index (κ1) is 16.0. The molecule has 0 aliphatic rings. The Hall–Kier alpha value is -2.02. The van der Waals surface area contributed by atoms with E-state index in [1.165, 1.54) is 13.8 Å². The summed E-state index contributed by atoms with van der Waals surface area (Å²) in [6.07, 6.45) is 0. The lowest BCUT2D eigenvalue weighted by molar-refractivity contribution is -0.385. The van der Waals surface area contributed by atoms with Gasteiger partial charge >= 0.3 is 0 Å². The number of amides is 1. The molecular weight excluding hydrogens is 267 g/mol. The molecule has 0 fully saturated rings. The van der Waals surface area contributed by atoms with Crippen molar-refractivity contribution in [1.82, 2.24) is 5.32 Å². The summed E-state index contributed by atoms with van der Waals surface area (Å²) in [7, 11) is 0. The number of hydrogen-bond donors (Lipinski definition) is 2. The SMILES string of the molecule is CC(C)(O)C(C)(C)NC(=O)c1cc(F)cc([N+](=O)[O-])c1. The highest BCUT2D eigenvalue weighted by Crippen LogP contribution is 2.22. The van der Waals surface area contributed by atoms with Gasteiger partial charge in [0.25, 0.3) is 11.6 Å². The van der Waals surface area contributed by atoms with E-state index in [-0.39, 0.29) is 5.56 Å². The highest BCUT2D eigenvalue weighted by Gasteiger charge is 2.36. The molecule has 0 spiro atoms. The maximum atomic E-state index is 13.3. The molecular formula is C13H17FN2O4. The van der Waals surface area contributed by atoms with Crippen molar-refractivity contribution >= 4 is 11.6 Å². The number of hydrogen-bond acceptors (Lipinski definition) is 4. The van der Waals surface area contributed by atoms with Gasteiger partial charge in [0.15, 0.2) is 0 Å². The van der Waals surface area contributed by atoms with Gasteiger partial charge in [-0.3, -0.25) is 14.9 Å². The molecule has 110 valence electrons. The lowest BCUT2D eigenvalue weighted by atomic mass is 9.85. The number of nitro groups is 1. The van der Waals surface area contributed by atoms with Crippen molar-refractivity contribution in [1.29, 1.82) is 0 Å². The zero-order valence-corrected chi connectivity index (χ0v) is 11.7. The maximum Gasteiger partial charge on any atom is 0.273 e. The number of benzene rings is 1. The average molecular weight is 284 g/mol. The highest BCUT2D eigenvalue weighted by molar-refractivity contribution is 5.95. The van der Waals surface area contributed by atoms with E-state index in [0.29, 0.717) is 0 Å². The predicted molar refractivity (Wildman–Crippen MR) is 70.9 cm³/mol. The lowest BCUT2D eigenvalue weighted by Crippen LogP contribution is -2.57. The second-order valence-corrected chi connectivity index (χ2v) is 5.59. The molecule has 0 aliphatic carbocycles. The second kappa shape index (κ2) is 5.16. The molecule has 0 unspecified atom stereocenters. The summed E-state index contributed by atoms with van der Waals surface area (Å²) in [6, 6.07) is 2.62. The third-order valence-corrected chi connectivity index (χ3v) is 3.31. The van der Waals surface area contributed by atoms with Crippen LogP contribution in [0.1, 0.15) is 38.1 Å². The van der Waals surface area contributed by atoms with Gasteiger partial charge in [-0.15, -0.1) is 0 Å². The Morgan fingerprint density at radius 3 is 2.30 bits per heavy atom. The molecule has 7 heteroatoms. The summed E-state index contributed by atoms with van der Waals surface area (Å²) in [5.41, 5.74) is -2.89. The molecule has 1 rings (SSSR count). The largest absolute Gasteiger partial charge is 0.388 e. The van der Waals surface area contributed by atoms with Crippen molar-refractivity contribution in [3.63, 3.8) is 0 Å². The first-order valence-corrected chi connectivity index (χ1v) is 5.94. The summed E-state index contributed by atoms with van der Waals surface area (Å²) in [5.74, 6) is -1.56. The minimum atomic E-state index is -1.22. The minimum absolute atomic E-state index is 0.172. The number of nitrogens with one attached hydrogen (secondary N) is 1. The van der Waals surface area contributed by atoms with Crippen LogP contribution < -0.4 is 5.32 Å². The van der Waals surface area contributed by atoms with E-state index in [1.54, 1.807) is 13.8 Å². The van der Waals surface area contributed by atoms with Crippen LogP contribution in [0.2, 0.25) is 0 Å². The average Bonchev–Trinajstić information content (AvgIpc) is 2.25. The van der Waals surface area contributed by atoms with Crippen LogP contribution in [0.3, 0.4) is 0 Å². The molecule has 0 radical (unpaired) electrons. The third kappa shape index (κ3) is 3.51. The van der Waals surface area contributed by atoms with Crippen LogP contribution in [0.25, 0.3) is 0 Å². The molecule has 0 heterocycles. The Morgan fingerprint density at radius 1 is 1.30 bits per heavy atom. The van der Waals surface area contributed by atoms with Gasteiger partial charge in [-0.05, 0) is 33.8 Å². The van der Waals surface area contributed by atoms with E-state index in [9.17, 15) is 24.4 Å². The number of halogens is 1. The zero-order valence-electron chi connectivity index (χ0n) is 11.7. The Bertz CT molecular complexity index is 550. The number of carbonyl (C=O) groups excluding carboxylic acids is 1. The lowest BCUT2D eigenvalue weighted by Gasteiger charge is -2.37. The summed E-state index contributed by atoms with van der Waals surface area (Å²) in [4.78, 5) is 21.9. The fourth-order valence-electron chi connectivity index (χ4n) is 1.32. The monoisotopic (exact) mass is 284 g/mol. The van der Waals surface area contributed by atoms with Crippen LogP contribution in [0, 0.1) is 15.9 Å². The number of nitrogens with zero attached hydrogens (tertiary/aromatic N) is 1. The third-order valence-electron chi connectivity index (χ3n) is 3.31. The van der Waals surface area contributed by atoms with E-state index < -0.39 is 33.5 Å². The minimum Gasteiger partial charge on any atom is -0.388 e. The molecule has 0 aromatic heterocycles. The molecule has 0 saturated carbocycles. The van der Waals surface area contributed by atoms with Crippen LogP contribution in [-0.2, 0) is 0 Å². The molecule has 1 aromatic carbocycles. The van der Waals surface area contributed by atoms with Gasteiger partial charge in [-0.2, -0.15) is 0 Å². The molecule has 6 nitrogen and oxygen atoms in total. The van der Waals surface area contributed by atoms with Crippen molar-refractivity contribution in [3.8, 4) is 0 Å². The van der Waals surface area contributed by atoms with Crippen molar-refractivity contribution < 1.29 is 19.2 Å². The second-order valence-electron chi connectivity index (χ2n) is 5.59. The van der Waals surface area contributed by atoms with E-state index in [4.69, 9.17) is 0 Å². The first-order chi connectivity index (χ1) is 8.94. The summed E-state index contributed by atoms with van der Waals surface area (Å²) in [6.45, 7) is 6.22. The van der Waals surface area contributed by atoms with Crippen LogP contribution in [0.15, 0.2) is 18.2 Å². The van der Waals surface area contributed by atoms with Gasteiger partial charge < -0.3 is 10.4 Å². The molecule has 0 atom stereocenters. The Labute approximate surface area is 115 Å². The van der Waals surface area contributed by atoms with Gasteiger partial charge in [0.05, 0.1) is 22.1 Å². The van der Waals surface area contributed by atoms with Crippen LogP contribution in [0.5, 0.6) is 0 Å². The number of carbonyl (C=O) groups is 1. The molecule has 1 amide bonds. The van der Waals surface area contributed by atoms with Crippen LogP contribution in [0.4, 0.5) is 10.1 Å². The van der Waals surface area contributed by atoms with Crippen molar-refractivity contribution in [2.75, 3.05) is 0 Å². The topological polar surface area (TPSA) is 92.5 Å². The molecule has 0 aliphatic heterocycles. The van der Waals surface area contributed by atoms with Crippen molar-refractivity contribution in [3.05, 3.63) is 39.7 Å². The van der Waals surface area contributed by atoms with E-state index in [2.05, 4.69) is 5.32 Å². The number of non-ortho nitro benzene ring substituents is 1. The van der Waals surface area contributed by atoms with E-state index in [1.807, 2.05) is 0 Å². The number of nitro benzene ring substituents is 1. The molecule has 2 N–H and O–H groups in total. The fraction of sp³-hybridized carbons (Fsp3) is 0.462. The standard InChI is InChI=1S/C13H17FN2O4/c1-12(2,13(3,4)18)15-11(17)8-5-9(14)7-10(6-8)16(19)20/h5-7,18H,1-4H3,(H,15,17). The zero-order chi connectivity index (χ0) is 15.7. The Kier molecular flexibility index (Phi) is 4.14. The number of aliphatic hydroxyl groups is 1. The Morgan fingerprint density at radius 2 is 1.85 bits per heavy atom. The molecule has 20 heavy (non-hydrogen) atoms. The van der Waals surface area contributed by atoms with Gasteiger partial charge in [0, 0.05) is 11.6 Å². The van der Waals surface area contributed by atoms with Crippen LogP contribution >= 0.6 is 0 Å². The van der Waals surface area contributed by atoms with Crippen LogP contribution in [-0.4, -0.2) is 27.1 Å². The highest BCUT2D eigenvalue weighted by atomic mass is 19.1. The van der Waals surface area contributed by atoms with Gasteiger partial charge in [-0.25, -0.2) is 4.39 Å². The fourth-order valence-corrected chi connectivity index (χ4v) is 1.32. The predicted octanol–water partition coefficient (Wildman–Crippen LogP) is 2.01. The summed E-state index contributed by atoms with van der Waals surface area (Å²) < 4.78 is 13.3. The normalized spacial score (nSPS) is 12.1.